The van der Waals surface area contributed by atoms with Crippen LogP contribution in [0.5, 0.6) is 5.75 Å². The van der Waals surface area contributed by atoms with E-state index in [1.54, 1.807) is 49.4 Å². The van der Waals surface area contributed by atoms with Gasteiger partial charge in [-0.3, -0.25) is 4.79 Å². The number of ether oxygens (including phenoxy) is 1. The number of halogens is 1. The summed E-state index contributed by atoms with van der Waals surface area (Å²) in [6, 6.07) is 12.4. The lowest BCUT2D eigenvalue weighted by Crippen LogP contribution is -2.30. The van der Waals surface area contributed by atoms with E-state index < -0.39 is 6.10 Å². The Balaban J connectivity index is 2.06. The van der Waals surface area contributed by atoms with Crippen LogP contribution in [0.15, 0.2) is 42.5 Å². The minimum atomic E-state index is -0.675. The van der Waals surface area contributed by atoms with E-state index in [0.29, 0.717) is 22.1 Å². The number of anilines is 2. The quantitative estimate of drug-likeness (QED) is 0.848. The van der Waals surface area contributed by atoms with Gasteiger partial charge in [0.2, 0.25) is 0 Å². The smallest absolute Gasteiger partial charge is 0.265 e. The van der Waals surface area contributed by atoms with Gasteiger partial charge in [0.1, 0.15) is 5.75 Å². The number of hydrogen-bond acceptors (Lipinski definition) is 3. The number of para-hydroxylation sites is 1. The lowest BCUT2D eigenvalue weighted by atomic mass is 10.1. The monoisotopic (exact) mass is 304 g/mol. The number of carbonyl (C=O) groups is 1. The minimum Gasteiger partial charge on any atom is -0.479 e. The molecule has 2 aromatic rings. The zero-order valence-electron chi connectivity index (χ0n) is 11.9. The molecule has 0 saturated heterocycles. The lowest BCUT2D eigenvalue weighted by molar-refractivity contribution is -0.122. The van der Waals surface area contributed by atoms with Crippen molar-refractivity contribution in [1.29, 1.82) is 0 Å². The topological polar surface area (TPSA) is 64.3 Å². The highest BCUT2D eigenvalue weighted by Gasteiger charge is 2.17. The summed E-state index contributed by atoms with van der Waals surface area (Å²) < 4.78 is 5.57. The Labute approximate surface area is 128 Å². The summed E-state index contributed by atoms with van der Waals surface area (Å²) >= 11 is 6.01. The van der Waals surface area contributed by atoms with Gasteiger partial charge in [0, 0.05) is 11.4 Å². The fourth-order valence-electron chi connectivity index (χ4n) is 1.81. The normalized spacial score (nSPS) is 11.8. The Hall–Kier alpha value is -2.20. The van der Waals surface area contributed by atoms with E-state index in [4.69, 9.17) is 22.1 Å². The Morgan fingerprint density at radius 3 is 2.67 bits per heavy atom. The summed E-state index contributed by atoms with van der Waals surface area (Å²) in [6.45, 7) is 3.52. The molecule has 2 aromatic carbocycles. The van der Waals surface area contributed by atoms with Crippen LogP contribution in [-0.4, -0.2) is 12.0 Å². The molecule has 3 N–H and O–H groups in total. The van der Waals surface area contributed by atoms with Gasteiger partial charge in [-0.2, -0.15) is 0 Å². The fourth-order valence-corrected chi connectivity index (χ4v) is 1.99. The van der Waals surface area contributed by atoms with Gasteiger partial charge in [0.25, 0.3) is 5.91 Å². The summed E-state index contributed by atoms with van der Waals surface area (Å²) in [5.41, 5.74) is 7.95. The Morgan fingerprint density at radius 2 is 1.95 bits per heavy atom. The molecule has 0 fully saturated rings. The first-order valence-corrected chi connectivity index (χ1v) is 6.94. The number of amides is 1. The first-order valence-electron chi connectivity index (χ1n) is 6.56. The summed E-state index contributed by atoms with van der Waals surface area (Å²) in [6.07, 6.45) is -0.675. The van der Waals surface area contributed by atoms with Crippen molar-refractivity contribution >= 4 is 28.9 Å². The zero-order valence-corrected chi connectivity index (χ0v) is 12.6. The molecule has 4 nitrogen and oxygen atoms in total. The standard InChI is InChI=1S/C16H17ClN2O2/c1-10-13(18)7-5-8-14(10)19-16(20)11(2)21-15-9-4-3-6-12(15)17/h3-9,11H,18H2,1-2H3,(H,19,20)/t11-/m0/s1. The van der Waals surface area contributed by atoms with Crippen LogP contribution in [0.25, 0.3) is 0 Å². The molecule has 1 atom stereocenters. The van der Waals surface area contributed by atoms with Gasteiger partial charge < -0.3 is 15.8 Å². The van der Waals surface area contributed by atoms with Crippen molar-refractivity contribution in [2.75, 3.05) is 11.1 Å². The summed E-state index contributed by atoms with van der Waals surface area (Å²) in [5.74, 6) is 0.217. The molecular formula is C16H17ClN2O2. The van der Waals surface area contributed by atoms with Crippen LogP contribution in [0, 0.1) is 6.92 Å². The van der Waals surface area contributed by atoms with Crippen molar-refractivity contribution in [2.45, 2.75) is 20.0 Å². The van der Waals surface area contributed by atoms with Crippen LogP contribution in [0.3, 0.4) is 0 Å². The molecule has 2 rings (SSSR count). The van der Waals surface area contributed by atoms with Crippen LogP contribution in [0.4, 0.5) is 11.4 Å². The van der Waals surface area contributed by atoms with Gasteiger partial charge in [-0.1, -0.05) is 29.8 Å². The first-order chi connectivity index (χ1) is 9.99. The molecule has 5 heteroatoms. The molecule has 21 heavy (non-hydrogen) atoms. The number of benzene rings is 2. The van der Waals surface area contributed by atoms with E-state index in [1.807, 2.05) is 6.92 Å². The van der Waals surface area contributed by atoms with Crippen LogP contribution in [0.2, 0.25) is 5.02 Å². The highest BCUT2D eigenvalue weighted by Crippen LogP contribution is 2.25. The second-order valence-corrected chi connectivity index (χ2v) is 5.11. The number of nitrogens with two attached hydrogens (primary N) is 1. The van der Waals surface area contributed by atoms with Gasteiger partial charge in [-0.15, -0.1) is 0 Å². The molecule has 0 heterocycles. The second kappa shape index (κ2) is 6.50. The van der Waals surface area contributed by atoms with Crippen molar-refractivity contribution in [1.82, 2.24) is 0 Å². The Kier molecular flexibility index (Phi) is 4.70. The lowest BCUT2D eigenvalue weighted by Gasteiger charge is -2.17. The van der Waals surface area contributed by atoms with Gasteiger partial charge in [0.05, 0.1) is 5.02 Å². The number of nitrogens with one attached hydrogen (secondary N) is 1. The summed E-state index contributed by atoms with van der Waals surface area (Å²) in [7, 11) is 0. The van der Waals surface area contributed by atoms with Crippen molar-refractivity contribution in [2.24, 2.45) is 0 Å². The number of rotatable bonds is 4. The summed E-state index contributed by atoms with van der Waals surface area (Å²) in [5, 5.41) is 3.27. The molecule has 0 unspecified atom stereocenters. The van der Waals surface area contributed by atoms with Gasteiger partial charge in [-0.05, 0) is 43.7 Å². The average Bonchev–Trinajstić information content (AvgIpc) is 2.46. The molecule has 0 spiro atoms. The number of hydrogen-bond donors (Lipinski definition) is 2. The van der Waals surface area contributed by atoms with E-state index in [9.17, 15) is 4.79 Å². The van der Waals surface area contributed by atoms with Crippen molar-refractivity contribution in [3.05, 3.63) is 53.1 Å². The highest BCUT2D eigenvalue weighted by molar-refractivity contribution is 6.32. The van der Waals surface area contributed by atoms with Crippen LogP contribution >= 0.6 is 11.6 Å². The van der Waals surface area contributed by atoms with Crippen molar-refractivity contribution < 1.29 is 9.53 Å². The molecule has 0 aliphatic carbocycles. The Morgan fingerprint density at radius 1 is 1.24 bits per heavy atom. The minimum absolute atomic E-state index is 0.261. The highest BCUT2D eigenvalue weighted by atomic mass is 35.5. The van der Waals surface area contributed by atoms with E-state index in [2.05, 4.69) is 5.32 Å². The zero-order chi connectivity index (χ0) is 15.4. The maximum absolute atomic E-state index is 12.2. The predicted octanol–water partition coefficient (Wildman–Crippen LogP) is 3.64. The maximum Gasteiger partial charge on any atom is 0.265 e. The molecule has 0 aromatic heterocycles. The fraction of sp³-hybridized carbons (Fsp3) is 0.188. The van der Waals surface area contributed by atoms with E-state index in [-0.39, 0.29) is 5.91 Å². The molecule has 0 saturated carbocycles. The summed E-state index contributed by atoms with van der Waals surface area (Å²) in [4.78, 5) is 12.2. The SMILES string of the molecule is Cc1c(N)cccc1NC(=O)[C@H](C)Oc1ccccc1Cl. The van der Waals surface area contributed by atoms with Crippen LogP contribution < -0.4 is 15.8 Å². The molecule has 0 aliphatic rings. The largest absolute Gasteiger partial charge is 0.479 e. The van der Waals surface area contributed by atoms with Crippen LogP contribution in [-0.2, 0) is 4.79 Å². The second-order valence-electron chi connectivity index (χ2n) is 4.70. The Bertz CT molecular complexity index is 658. The first kappa shape index (κ1) is 15.2. The van der Waals surface area contributed by atoms with Gasteiger partial charge >= 0.3 is 0 Å². The maximum atomic E-state index is 12.2. The van der Waals surface area contributed by atoms with Crippen LogP contribution in [0.1, 0.15) is 12.5 Å². The van der Waals surface area contributed by atoms with Gasteiger partial charge in [0.15, 0.2) is 6.10 Å². The average molecular weight is 305 g/mol. The molecule has 0 aliphatic heterocycles. The molecule has 0 radical (unpaired) electrons. The molecule has 110 valence electrons. The van der Waals surface area contributed by atoms with Crippen molar-refractivity contribution in [3.63, 3.8) is 0 Å². The third-order valence-electron chi connectivity index (χ3n) is 3.14. The number of carbonyl (C=O) groups excluding carboxylic acids is 1. The molecule has 1 amide bonds. The van der Waals surface area contributed by atoms with Crippen molar-refractivity contribution in [3.8, 4) is 5.75 Å². The molecular weight excluding hydrogens is 288 g/mol. The van der Waals surface area contributed by atoms with E-state index in [0.717, 1.165) is 5.56 Å². The predicted molar refractivity (Wildman–Crippen MR) is 85.8 cm³/mol. The third kappa shape index (κ3) is 3.67. The van der Waals surface area contributed by atoms with E-state index in [1.165, 1.54) is 0 Å². The third-order valence-corrected chi connectivity index (χ3v) is 3.46. The molecule has 0 bridgehead atoms. The van der Waals surface area contributed by atoms with E-state index >= 15 is 0 Å². The number of nitrogen functional groups attached to an aromatic ring is 1. The van der Waals surface area contributed by atoms with Gasteiger partial charge in [-0.25, -0.2) is 0 Å².